The van der Waals surface area contributed by atoms with Gasteiger partial charge in [-0.05, 0) is 30.5 Å². The molecule has 1 aromatic carbocycles. The summed E-state index contributed by atoms with van der Waals surface area (Å²) in [5, 5.41) is 9.08. The lowest BCUT2D eigenvalue weighted by molar-refractivity contribution is 0.269. The van der Waals surface area contributed by atoms with Crippen LogP contribution in [-0.4, -0.2) is 16.3 Å². The Morgan fingerprint density at radius 2 is 2.00 bits per heavy atom. The third-order valence-electron chi connectivity index (χ3n) is 1.83. The van der Waals surface area contributed by atoms with E-state index in [9.17, 15) is 0 Å². The molecule has 0 saturated heterocycles. The monoisotopic (exact) mass is 292 g/mol. The van der Waals surface area contributed by atoms with Gasteiger partial charge in [-0.25, -0.2) is 0 Å². The fourth-order valence-corrected chi connectivity index (χ4v) is 1.39. The lowest BCUT2D eigenvalue weighted by Crippen LogP contribution is -1.97. The molecule has 1 aromatic rings. The van der Waals surface area contributed by atoms with E-state index in [0.717, 1.165) is 18.6 Å². The summed E-state index contributed by atoms with van der Waals surface area (Å²) in [4.78, 5) is 0. The van der Waals surface area contributed by atoms with E-state index in [1.165, 1.54) is 5.56 Å². The van der Waals surface area contributed by atoms with Crippen LogP contribution in [0.3, 0.4) is 0 Å². The molecular weight excluding hydrogens is 279 g/mol. The van der Waals surface area contributed by atoms with Gasteiger partial charge in [0.05, 0.1) is 7.11 Å². The van der Waals surface area contributed by atoms with Gasteiger partial charge in [0, 0.05) is 0 Å². The minimum atomic E-state index is -0.250. The maximum absolute atomic E-state index is 9.08. The van der Waals surface area contributed by atoms with Gasteiger partial charge >= 0.3 is 0 Å². The highest BCUT2D eigenvalue weighted by Crippen LogP contribution is 2.14. The normalized spacial score (nSPS) is 12.5. The van der Waals surface area contributed by atoms with Gasteiger partial charge in [0.15, 0.2) is 0 Å². The molecule has 1 N–H and O–H groups in total. The molecule has 1 unspecified atom stereocenters. The third kappa shape index (κ3) is 3.95. The van der Waals surface area contributed by atoms with E-state index in [4.69, 9.17) is 9.84 Å². The Kier molecular flexibility index (Phi) is 4.52. The van der Waals surface area contributed by atoms with Gasteiger partial charge < -0.3 is 9.84 Å². The lowest BCUT2D eigenvalue weighted by Gasteiger charge is -2.04. The Morgan fingerprint density at radius 3 is 2.46 bits per heavy atom. The van der Waals surface area contributed by atoms with Crippen LogP contribution in [0.25, 0.3) is 0 Å². The predicted octanol–water partition coefficient (Wildman–Crippen LogP) is 2.38. The second-order valence-corrected chi connectivity index (χ2v) is 4.26. The Morgan fingerprint density at radius 1 is 1.38 bits per heavy atom. The van der Waals surface area contributed by atoms with Crippen LogP contribution in [0, 0.1) is 0 Å². The average Bonchev–Trinajstić information content (AvgIpc) is 2.15. The summed E-state index contributed by atoms with van der Waals surface area (Å²) in [6.07, 6.45) is 1.71. The number of ether oxygens (including phenoxy) is 1. The Hall–Kier alpha value is -0.290. The molecular formula is C10H13IO2. The van der Waals surface area contributed by atoms with Crippen molar-refractivity contribution < 1.29 is 9.84 Å². The van der Waals surface area contributed by atoms with Gasteiger partial charge in [0.2, 0.25) is 0 Å². The lowest BCUT2D eigenvalue weighted by atomic mass is 10.1. The Bertz CT molecular complexity index is 244. The summed E-state index contributed by atoms with van der Waals surface area (Å²) in [5.41, 5.74) is 1.23. The van der Waals surface area contributed by atoms with E-state index in [1.807, 2.05) is 46.9 Å². The van der Waals surface area contributed by atoms with Gasteiger partial charge in [0.25, 0.3) is 0 Å². The van der Waals surface area contributed by atoms with Crippen molar-refractivity contribution in [1.82, 2.24) is 0 Å². The van der Waals surface area contributed by atoms with Gasteiger partial charge in [-0.1, -0.05) is 34.7 Å². The second-order valence-electron chi connectivity index (χ2n) is 2.82. The molecule has 0 aliphatic heterocycles. The molecule has 72 valence electrons. The van der Waals surface area contributed by atoms with Crippen LogP contribution < -0.4 is 4.74 Å². The minimum absolute atomic E-state index is 0.250. The van der Waals surface area contributed by atoms with Crippen LogP contribution in [0.5, 0.6) is 5.75 Å². The molecule has 0 saturated carbocycles. The summed E-state index contributed by atoms with van der Waals surface area (Å²) >= 11 is 2.01. The first-order valence-electron chi connectivity index (χ1n) is 4.17. The molecule has 0 aliphatic rings. The first-order valence-corrected chi connectivity index (χ1v) is 5.42. The smallest absolute Gasteiger partial charge is 0.118 e. The van der Waals surface area contributed by atoms with Crippen molar-refractivity contribution in [2.75, 3.05) is 7.11 Å². The molecule has 2 nitrogen and oxygen atoms in total. The fraction of sp³-hybridized carbons (Fsp3) is 0.400. The second kappa shape index (κ2) is 5.44. The maximum Gasteiger partial charge on any atom is 0.118 e. The van der Waals surface area contributed by atoms with Gasteiger partial charge in [-0.3, -0.25) is 0 Å². The predicted molar refractivity (Wildman–Crippen MR) is 61.3 cm³/mol. The maximum atomic E-state index is 9.08. The Balaban J connectivity index is 2.49. The number of aryl methyl sites for hydroxylation is 1. The van der Waals surface area contributed by atoms with Gasteiger partial charge in [0.1, 0.15) is 9.86 Å². The van der Waals surface area contributed by atoms with E-state index in [-0.39, 0.29) is 4.11 Å². The number of benzene rings is 1. The zero-order chi connectivity index (χ0) is 9.68. The molecule has 1 atom stereocenters. The highest BCUT2D eigenvalue weighted by atomic mass is 127. The van der Waals surface area contributed by atoms with E-state index < -0.39 is 0 Å². The fourth-order valence-electron chi connectivity index (χ4n) is 1.08. The number of aliphatic hydroxyl groups is 1. The molecule has 0 heterocycles. The van der Waals surface area contributed by atoms with Crippen molar-refractivity contribution in [1.29, 1.82) is 0 Å². The van der Waals surface area contributed by atoms with Crippen molar-refractivity contribution in [3.63, 3.8) is 0 Å². The van der Waals surface area contributed by atoms with Crippen LogP contribution in [0.4, 0.5) is 0 Å². The van der Waals surface area contributed by atoms with Crippen molar-refractivity contribution >= 4 is 22.6 Å². The summed E-state index contributed by atoms with van der Waals surface area (Å²) in [6.45, 7) is 0. The highest BCUT2D eigenvalue weighted by Gasteiger charge is 1.99. The number of hydrogen-bond donors (Lipinski definition) is 1. The molecule has 13 heavy (non-hydrogen) atoms. The van der Waals surface area contributed by atoms with Gasteiger partial charge in [-0.2, -0.15) is 0 Å². The van der Waals surface area contributed by atoms with Crippen LogP contribution in [0.2, 0.25) is 0 Å². The summed E-state index contributed by atoms with van der Waals surface area (Å²) < 4.78 is 4.79. The first kappa shape index (κ1) is 10.8. The SMILES string of the molecule is COc1ccc(CCC(O)I)cc1. The average molecular weight is 292 g/mol. The number of methoxy groups -OCH3 is 1. The topological polar surface area (TPSA) is 29.5 Å². The summed E-state index contributed by atoms with van der Waals surface area (Å²) in [5.74, 6) is 0.874. The molecule has 0 aliphatic carbocycles. The zero-order valence-electron chi connectivity index (χ0n) is 7.53. The molecule has 3 heteroatoms. The molecule has 0 fully saturated rings. The van der Waals surface area contributed by atoms with Crippen LogP contribution >= 0.6 is 22.6 Å². The molecule has 1 rings (SSSR count). The van der Waals surface area contributed by atoms with Crippen molar-refractivity contribution in [3.8, 4) is 5.75 Å². The van der Waals surface area contributed by atoms with Crippen LogP contribution in [0.15, 0.2) is 24.3 Å². The number of rotatable bonds is 4. The largest absolute Gasteiger partial charge is 0.497 e. The summed E-state index contributed by atoms with van der Waals surface area (Å²) in [7, 11) is 1.66. The highest BCUT2D eigenvalue weighted by molar-refractivity contribution is 14.1. The first-order chi connectivity index (χ1) is 6.22. The molecule has 0 bridgehead atoms. The molecule has 0 aromatic heterocycles. The number of halogens is 1. The minimum Gasteiger partial charge on any atom is -0.497 e. The third-order valence-corrected chi connectivity index (χ3v) is 2.45. The number of aliphatic hydroxyl groups excluding tert-OH is 1. The Labute approximate surface area is 92.1 Å². The van der Waals surface area contributed by atoms with E-state index in [1.54, 1.807) is 7.11 Å². The van der Waals surface area contributed by atoms with E-state index >= 15 is 0 Å². The van der Waals surface area contributed by atoms with E-state index in [0.29, 0.717) is 0 Å². The molecule has 0 spiro atoms. The standard InChI is InChI=1S/C10H13IO2/c1-13-9-5-2-8(3-6-9)4-7-10(11)12/h2-3,5-6,10,12H,4,7H2,1H3. The van der Waals surface area contributed by atoms with E-state index in [2.05, 4.69) is 0 Å². The number of alkyl halides is 1. The summed E-state index contributed by atoms with van der Waals surface area (Å²) in [6, 6.07) is 7.93. The van der Waals surface area contributed by atoms with Crippen molar-refractivity contribution in [2.24, 2.45) is 0 Å². The van der Waals surface area contributed by atoms with Crippen LogP contribution in [0.1, 0.15) is 12.0 Å². The van der Waals surface area contributed by atoms with Crippen LogP contribution in [-0.2, 0) is 6.42 Å². The quantitative estimate of drug-likeness (QED) is 0.682. The van der Waals surface area contributed by atoms with Crippen molar-refractivity contribution in [2.45, 2.75) is 17.0 Å². The molecule has 0 radical (unpaired) electrons. The number of hydrogen-bond acceptors (Lipinski definition) is 2. The van der Waals surface area contributed by atoms with Gasteiger partial charge in [-0.15, -0.1) is 0 Å². The zero-order valence-corrected chi connectivity index (χ0v) is 9.69. The molecule has 0 amide bonds. The van der Waals surface area contributed by atoms with Crippen molar-refractivity contribution in [3.05, 3.63) is 29.8 Å².